The van der Waals surface area contributed by atoms with Gasteiger partial charge in [-0.1, -0.05) is 6.42 Å². The maximum absolute atomic E-state index is 12.6. The van der Waals surface area contributed by atoms with Crippen LogP contribution in [-0.2, 0) is 6.54 Å². The van der Waals surface area contributed by atoms with Gasteiger partial charge >= 0.3 is 0 Å². The van der Waals surface area contributed by atoms with Crippen LogP contribution >= 0.6 is 0 Å². The van der Waals surface area contributed by atoms with Crippen LogP contribution in [0.25, 0.3) is 0 Å². The molecule has 4 heterocycles. The second-order valence-corrected chi connectivity index (χ2v) is 6.67. The Morgan fingerprint density at radius 3 is 2.96 bits per heavy atom. The second kappa shape index (κ2) is 6.76. The molecule has 7 heteroatoms. The minimum absolute atomic E-state index is 0.0702. The number of amides is 1. The van der Waals surface area contributed by atoms with Gasteiger partial charge in [0.1, 0.15) is 6.26 Å². The number of hydrogen-bond donors (Lipinski definition) is 0. The Morgan fingerprint density at radius 2 is 2.17 bits per heavy atom. The van der Waals surface area contributed by atoms with E-state index in [2.05, 4.69) is 19.7 Å². The van der Waals surface area contributed by atoms with Gasteiger partial charge in [-0.15, -0.1) is 0 Å². The fourth-order valence-electron chi connectivity index (χ4n) is 3.75. The van der Waals surface area contributed by atoms with Crippen LogP contribution in [0.2, 0.25) is 0 Å². The Morgan fingerprint density at radius 1 is 1.29 bits per heavy atom. The Kier molecular flexibility index (Phi) is 4.34. The van der Waals surface area contributed by atoms with Crippen molar-refractivity contribution in [3.05, 3.63) is 36.3 Å². The first-order valence-electron chi connectivity index (χ1n) is 8.73. The number of nitrogens with zero attached hydrogens (tertiary/aromatic N) is 5. The monoisotopic (exact) mass is 329 g/mol. The predicted molar refractivity (Wildman–Crippen MR) is 87.4 cm³/mol. The molecule has 0 radical (unpaired) electrons. The van der Waals surface area contributed by atoms with Crippen molar-refractivity contribution >= 4 is 5.91 Å². The molecular formula is C17H23N5O2. The van der Waals surface area contributed by atoms with Crippen molar-refractivity contribution in [2.75, 3.05) is 26.2 Å². The highest BCUT2D eigenvalue weighted by atomic mass is 16.3. The first kappa shape index (κ1) is 15.4. The normalized spacial score (nSPS) is 21.7. The summed E-state index contributed by atoms with van der Waals surface area (Å²) >= 11 is 0. The van der Waals surface area contributed by atoms with Crippen molar-refractivity contribution in [2.45, 2.75) is 38.3 Å². The van der Waals surface area contributed by atoms with Gasteiger partial charge in [0.15, 0.2) is 12.1 Å². The minimum Gasteiger partial charge on any atom is -0.451 e. The molecule has 1 fully saturated rings. The van der Waals surface area contributed by atoms with Gasteiger partial charge in [0.05, 0.1) is 18.3 Å². The van der Waals surface area contributed by atoms with Crippen molar-refractivity contribution in [3.63, 3.8) is 0 Å². The molecule has 0 saturated carbocycles. The molecule has 2 aromatic heterocycles. The molecule has 7 nitrogen and oxygen atoms in total. The van der Waals surface area contributed by atoms with E-state index in [1.807, 2.05) is 17.2 Å². The molecule has 128 valence electrons. The van der Waals surface area contributed by atoms with Crippen molar-refractivity contribution in [2.24, 2.45) is 0 Å². The number of aromatic nitrogens is 3. The number of hydrogen-bond acceptors (Lipinski definition) is 5. The van der Waals surface area contributed by atoms with Crippen LogP contribution in [0.15, 0.2) is 29.3 Å². The Bertz CT molecular complexity index is 675. The standard InChI is InChI=1S/C17H23N5O2/c23-17(16-12-24-13-18-16)21-10-14-4-6-19-22(14)15(11-21)5-9-20-7-2-1-3-8-20/h4,6,12-13,15H,1-3,5,7-11H2. The summed E-state index contributed by atoms with van der Waals surface area (Å²) < 4.78 is 7.05. The molecule has 4 rings (SSSR count). The van der Waals surface area contributed by atoms with Crippen LogP contribution in [0.3, 0.4) is 0 Å². The zero-order valence-electron chi connectivity index (χ0n) is 13.8. The molecule has 1 unspecified atom stereocenters. The summed E-state index contributed by atoms with van der Waals surface area (Å²) in [6, 6.07) is 2.22. The highest BCUT2D eigenvalue weighted by molar-refractivity contribution is 5.91. The number of fused-ring (bicyclic) bond motifs is 1. The molecule has 2 aliphatic rings. The summed E-state index contributed by atoms with van der Waals surface area (Å²) in [5, 5.41) is 4.48. The van der Waals surface area contributed by atoms with Crippen LogP contribution in [0.4, 0.5) is 0 Å². The average Bonchev–Trinajstić information content (AvgIpc) is 3.31. The van der Waals surface area contributed by atoms with Gasteiger partial charge in [0.2, 0.25) is 0 Å². The maximum atomic E-state index is 12.6. The van der Waals surface area contributed by atoms with Gasteiger partial charge in [-0.3, -0.25) is 9.48 Å². The van der Waals surface area contributed by atoms with E-state index in [1.165, 1.54) is 45.0 Å². The molecule has 0 N–H and O–H groups in total. The SMILES string of the molecule is O=C(c1cocn1)N1Cc2ccnn2C(CCN2CCCCC2)C1. The van der Waals surface area contributed by atoms with Gasteiger partial charge in [0, 0.05) is 19.3 Å². The smallest absolute Gasteiger partial charge is 0.276 e. The van der Waals surface area contributed by atoms with E-state index in [0.717, 1.165) is 18.7 Å². The van der Waals surface area contributed by atoms with Crippen LogP contribution in [-0.4, -0.2) is 56.7 Å². The highest BCUT2D eigenvalue weighted by Gasteiger charge is 2.30. The van der Waals surface area contributed by atoms with E-state index < -0.39 is 0 Å². The summed E-state index contributed by atoms with van der Waals surface area (Å²) in [5.41, 5.74) is 1.46. The maximum Gasteiger partial charge on any atom is 0.276 e. The molecule has 0 aliphatic carbocycles. The number of rotatable bonds is 4. The highest BCUT2D eigenvalue weighted by Crippen LogP contribution is 2.25. The lowest BCUT2D eigenvalue weighted by Gasteiger charge is -2.35. The quantitative estimate of drug-likeness (QED) is 0.857. The van der Waals surface area contributed by atoms with E-state index in [4.69, 9.17) is 4.42 Å². The number of carbonyl (C=O) groups is 1. The molecular weight excluding hydrogens is 306 g/mol. The van der Waals surface area contributed by atoms with Gasteiger partial charge in [-0.2, -0.15) is 5.10 Å². The number of carbonyl (C=O) groups excluding carboxylic acids is 1. The average molecular weight is 329 g/mol. The van der Waals surface area contributed by atoms with Crippen molar-refractivity contribution < 1.29 is 9.21 Å². The fourth-order valence-corrected chi connectivity index (χ4v) is 3.75. The summed E-state index contributed by atoms with van der Waals surface area (Å²) in [6.07, 6.45) is 9.50. The Labute approximate surface area is 141 Å². The van der Waals surface area contributed by atoms with Crippen molar-refractivity contribution in [3.8, 4) is 0 Å². The van der Waals surface area contributed by atoms with E-state index in [-0.39, 0.29) is 11.9 Å². The molecule has 0 bridgehead atoms. The Hall–Kier alpha value is -2.15. The van der Waals surface area contributed by atoms with E-state index in [9.17, 15) is 4.79 Å². The zero-order valence-corrected chi connectivity index (χ0v) is 13.8. The molecule has 1 saturated heterocycles. The van der Waals surface area contributed by atoms with Gasteiger partial charge in [-0.25, -0.2) is 4.98 Å². The summed E-state index contributed by atoms with van der Waals surface area (Å²) in [7, 11) is 0. The molecule has 1 amide bonds. The molecule has 0 spiro atoms. The zero-order chi connectivity index (χ0) is 16.4. The van der Waals surface area contributed by atoms with E-state index in [1.54, 1.807) is 0 Å². The largest absolute Gasteiger partial charge is 0.451 e. The second-order valence-electron chi connectivity index (χ2n) is 6.67. The molecule has 2 aromatic rings. The lowest BCUT2D eigenvalue weighted by atomic mass is 10.1. The fraction of sp³-hybridized carbons (Fsp3) is 0.588. The first-order chi connectivity index (χ1) is 11.8. The topological polar surface area (TPSA) is 67.4 Å². The first-order valence-corrected chi connectivity index (χ1v) is 8.73. The van der Waals surface area contributed by atoms with Gasteiger partial charge < -0.3 is 14.2 Å². The van der Waals surface area contributed by atoms with Crippen molar-refractivity contribution in [1.29, 1.82) is 0 Å². The number of oxazole rings is 1. The summed E-state index contributed by atoms with van der Waals surface area (Å²) in [5.74, 6) is -0.0702. The van der Waals surface area contributed by atoms with Gasteiger partial charge in [0.25, 0.3) is 5.91 Å². The predicted octanol–water partition coefficient (Wildman–Crippen LogP) is 1.94. The van der Waals surface area contributed by atoms with Crippen molar-refractivity contribution in [1.82, 2.24) is 24.6 Å². The molecule has 0 aromatic carbocycles. The van der Waals surface area contributed by atoms with E-state index in [0.29, 0.717) is 18.8 Å². The number of piperidine rings is 1. The Balaban J connectivity index is 1.46. The third-order valence-corrected chi connectivity index (χ3v) is 5.05. The van der Waals surface area contributed by atoms with Crippen LogP contribution in [0, 0.1) is 0 Å². The van der Waals surface area contributed by atoms with Crippen LogP contribution in [0.5, 0.6) is 0 Å². The lowest BCUT2D eigenvalue weighted by molar-refractivity contribution is 0.0648. The molecule has 1 atom stereocenters. The summed E-state index contributed by atoms with van der Waals surface area (Å²) in [4.78, 5) is 21.0. The van der Waals surface area contributed by atoms with Gasteiger partial charge in [-0.05, 0) is 38.4 Å². The number of likely N-dealkylation sites (tertiary alicyclic amines) is 1. The summed E-state index contributed by atoms with van der Waals surface area (Å²) in [6.45, 7) is 4.70. The third-order valence-electron chi connectivity index (χ3n) is 5.05. The lowest BCUT2D eigenvalue weighted by Crippen LogP contribution is -2.42. The van der Waals surface area contributed by atoms with E-state index >= 15 is 0 Å². The minimum atomic E-state index is -0.0702. The molecule has 24 heavy (non-hydrogen) atoms. The molecule has 2 aliphatic heterocycles. The third kappa shape index (κ3) is 3.08. The van der Waals surface area contributed by atoms with Crippen LogP contribution in [0.1, 0.15) is 47.9 Å². The van der Waals surface area contributed by atoms with Crippen LogP contribution < -0.4 is 0 Å².